The predicted octanol–water partition coefficient (Wildman–Crippen LogP) is 1.47. The lowest BCUT2D eigenvalue weighted by molar-refractivity contribution is -0.383. The molecule has 2 rings (SSSR count). The van der Waals surface area contributed by atoms with E-state index in [1.54, 1.807) is 6.07 Å². The van der Waals surface area contributed by atoms with Crippen LogP contribution in [0.4, 0.5) is 11.4 Å². The number of likely N-dealkylation sites (tertiary alicyclic amines) is 1. The average molecular weight is 307 g/mol. The maximum atomic E-state index is 12.3. The highest BCUT2D eigenvalue weighted by Crippen LogP contribution is 2.29. The number of carboxylic acids is 1. The molecule has 0 spiro atoms. The van der Waals surface area contributed by atoms with Gasteiger partial charge >= 0.3 is 5.97 Å². The smallest absolute Gasteiger partial charge is 0.329 e. The summed E-state index contributed by atoms with van der Waals surface area (Å²) in [5, 5.41) is 22.9. The van der Waals surface area contributed by atoms with Crippen LogP contribution in [0.1, 0.15) is 19.8 Å². The van der Waals surface area contributed by atoms with Crippen LogP contribution in [0.5, 0.6) is 0 Å². The third-order valence-electron chi connectivity index (χ3n) is 3.93. The van der Waals surface area contributed by atoms with E-state index in [0.29, 0.717) is 19.4 Å². The minimum absolute atomic E-state index is 0.127. The molecular weight excluding hydrogens is 290 g/mol. The standard InChI is InChI=1S/C14H17N3O5/c1-14(13(19)20)7-4-8-16(14)12(18)9-15-10-5-2-3-6-11(10)17(21)22/h2-3,5-6,15H,4,7-9H2,1H3,(H,19,20). The highest BCUT2D eigenvalue weighted by Gasteiger charge is 2.45. The molecule has 22 heavy (non-hydrogen) atoms. The molecule has 0 aliphatic carbocycles. The van der Waals surface area contributed by atoms with Crippen LogP contribution < -0.4 is 5.32 Å². The van der Waals surface area contributed by atoms with Crippen LogP contribution in [0.25, 0.3) is 0 Å². The average Bonchev–Trinajstić information content (AvgIpc) is 2.88. The molecule has 1 aromatic carbocycles. The topological polar surface area (TPSA) is 113 Å². The molecule has 1 aromatic rings. The number of nitro groups is 1. The number of carbonyl (C=O) groups is 2. The van der Waals surface area contributed by atoms with Crippen molar-refractivity contribution in [2.45, 2.75) is 25.3 Å². The van der Waals surface area contributed by atoms with Gasteiger partial charge in [0.05, 0.1) is 11.5 Å². The Kier molecular flexibility index (Phi) is 4.30. The van der Waals surface area contributed by atoms with Crippen LogP contribution in [0.15, 0.2) is 24.3 Å². The number of carboxylic acid groups (broad SMARTS) is 1. The van der Waals surface area contributed by atoms with Gasteiger partial charge < -0.3 is 15.3 Å². The molecule has 8 heteroatoms. The molecule has 1 saturated heterocycles. The molecule has 1 unspecified atom stereocenters. The lowest BCUT2D eigenvalue weighted by Crippen LogP contribution is -2.52. The van der Waals surface area contributed by atoms with Crippen LogP contribution in [-0.4, -0.2) is 45.4 Å². The van der Waals surface area contributed by atoms with Crippen LogP contribution in [0.2, 0.25) is 0 Å². The summed E-state index contributed by atoms with van der Waals surface area (Å²) in [5.41, 5.74) is -1.10. The molecule has 1 fully saturated rings. The van der Waals surface area contributed by atoms with Gasteiger partial charge in [-0.25, -0.2) is 4.79 Å². The van der Waals surface area contributed by atoms with Gasteiger partial charge in [0.25, 0.3) is 5.69 Å². The minimum Gasteiger partial charge on any atom is -0.480 e. The van der Waals surface area contributed by atoms with Crippen molar-refractivity contribution in [3.8, 4) is 0 Å². The molecule has 0 radical (unpaired) electrons. The van der Waals surface area contributed by atoms with Crippen molar-refractivity contribution in [2.75, 3.05) is 18.4 Å². The number of carbonyl (C=O) groups excluding carboxylic acids is 1. The van der Waals surface area contributed by atoms with E-state index in [1.165, 1.54) is 30.0 Å². The summed E-state index contributed by atoms with van der Waals surface area (Å²) in [6, 6.07) is 6.00. The first kappa shape index (κ1) is 15.7. The Hall–Kier alpha value is -2.64. The number of nitrogens with zero attached hydrogens (tertiary/aromatic N) is 2. The van der Waals surface area contributed by atoms with Crippen LogP contribution in [0, 0.1) is 10.1 Å². The molecule has 1 aliphatic heterocycles. The predicted molar refractivity (Wildman–Crippen MR) is 78.6 cm³/mol. The lowest BCUT2D eigenvalue weighted by Gasteiger charge is -2.31. The Morgan fingerprint density at radius 1 is 1.45 bits per heavy atom. The van der Waals surface area contributed by atoms with Crippen molar-refractivity contribution in [3.63, 3.8) is 0 Å². The molecule has 2 N–H and O–H groups in total. The molecule has 0 bridgehead atoms. The number of nitrogens with one attached hydrogen (secondary N) is 1. The number of hydrogen-bond acceptors (Lipinski definition) is 5. The van der Waals surface area contributed by atoms with Gasteiger partial charge in [0.15, 0.2) is 0 Å². The Morgan fingerprint density at radius 2 is 2.14 bits per heavy atom. The maximum absolute atomic E-state index is 12.3. The number of benzene rings is 1. The van der Waals surface area contributed by atoms with Crippen molar-refractivity contribution in [1.82, 2.24) is 4.90 Å². The normalized spacial score (nSPS) is 20.7. The number of aliphatic carboxylic acids is 1. The molecule has 1 amide bonds. The monoisotopic (exact) mass is 307 g/mol. The van der Waals surface area contributed by atoms with Crippen molar-refractivity contribution in [1.29, 1.82) is 0 Å². The summed E-state index contributed by atoms with van der Waals surface area (Å²) in [6.07, 6.45) is 1.03. The van der Waals surface area contributed by atoms with Gasteiger partial charge in [-0.05, 0) is 25.8 Å². The largest absolute Gasteiger partial charge is 0.480 e. The first-order chi connectivity index (χ1) is 10.4. The van der Waals surface area contributed by atoms with E-state index < -0.39 is 16.4 Å². The van der Waals surface area contributed by atoms with Gasteiger partial charge in [-0.2, -0.15) is 0 Å². The van der Waals surface area contributed by atoms with Gasteiger partial charge in [0.1, 0.15) is 11.2 Å². The van der Waals surface area contributed by atoms with E-state index in [9.17, 15) is 24.8 Å². The summed E-state index contributed by atoms with van der Waals surface area (Å²) in [5.74, 6) is -1.43. The maximum Gasteiger partial charge on any atom is 0.329 e. The van der Waals surface area contributed by atoms with Gasteiger partial charge in [-0.15, -0.1) is 0 Å². The third-order valence-corrected chi connectivity index (χ3v) is 3.93. The first-order valence-electron chi connectivity index (χ1n) is 6.87. The van der Waals surface area contributed by atoms with Crippen molar-refractivity contribution >= 4 is 23.3 Å². The molecule has 118 valence electrons. The van der Waals surface area contributed by atoms with E-state index in [4.69, 9.17) is 0 Å². The Morgan fingerprint density at radius 3 is 2.77 bits per heavy atom. The molecule has 1 heterocycles. The van der Waals surface area contributed by atoms with Gasteiger partial charge in [0, 0.05) is 12.6 Å². The highest BCUT2D eigenvalue weighted by molar-refractivity contribution is 5.89. The van der Waals surface area contributed by atoms with Crippen LogP contribution in [-0.2, 0) is 9.59 Å². The summed E-state index contributed by atoms with van der Waals surface area (Å²) in [4.78, 5) is 35.3. The molecule has 1 atom stereocenters. The van der Waals surface area contributed by atoms with Crippen molar-refractivity contribution < 1.29 is 19.6 Å². The zero-order chi connectivity index (χ0) is 16.3. The van der Waals surface area contributed by atoms with E-state index in [2.05, 4.69) is 5.32 Å². The van der Waals surface area contributed by atoms with Gasteiger partial charge in [-0.1, -0.05) is 12.1 Å². The van der Waals surface area contributed by atoms with E-state index in [-0.39, 0.29) is 23.8 Å². The molecule has 8 nitrogen and oxygen atoms in total. The lowest BCUT2D eigenvalue weighted by atomic mass is 9.99. The third kappa shape index (κ3) is 2.85. The second-order valence-electron chi connectivity index (χ2n) is 5.36. The number of rotatable bonds is 5. The quantitative estimate of drug-likeness (QED) is 0.629. The molecule has 0 saturated carbocycles. The fraction of sp³-hybridized carbons (Fsp3) is 0.429. The van der Waals surface area contributed by atoms with Gasteiger partial charge in [-0.3, -0.25) is 14.9 Å². The summed E-state index contributed by atoms with van der Waals surface area (Å²) < 4.78 is 0. The molecular formula is C14H17N3O5. The van der Waals surface area contributed by atoms with E-state index >= 15 is 0 Å². The van der Waals surface area contributed by atoms with Crippen LogP contribution in [0.3, 0.4) is 0 Å². The van der Waals surface area contributed by atoms with Crippen molar-refractivity contribution in [2.24, 2.45) is 0 Å². The Labute approximate surface area is 126 Å². The number of nitro benzene ring substituents is 1. The molecule has 1 aliphatic rings. The van der Waals surface area contributed by atoms with E-state index in [1.807, 2.05) is 0 Å². The first-order valence-corrected chi connectivity index (χ1v) is 6.87. The number of hydrogen-bond donors (Lipinski definition) is 2. The van der Waals surface area contributed by atoms with Crippen molar-refractivity contribution in [3.05, 3.63) is 34.4 Å². The second kappa shape index (κ2) is 6.00. The zero-order valence-corrected chi connectivity index (χ0v) is 12.1. The summed E-state index contributed by atoms with van der Waals surface area (Å²) in [6.45, 7) is 1.71. The van der Waals surface area contributed by atoms with Crippen LogP contribution >= 0.6 is 0 Å². The summed E-state index contributed by atoms with van der Waals surface area (Å²) >= 11 is 0. The Bertz CT molecular complexity index is 618. The van der Waals surface area contributed by atoms with Gasteiger partial charge in [0.2, 0.25) is 5.91 Å². The fourth-order valence-corrected chi connectivity index (χ4v) is 2.63. The van der Waals surface area contributed by atoms with E-state index in [0.717, 1.165) is 0 Å². The number of amides is 1. The summed E-state index contributed by atoms with van der Waals surface area (Å²) in [7, 11) is 0. The second-order valence-corrected chi connectivity index (χ2v) is 5.36. The SMILES string of the molecule is CC1(C(=O)O)CCCN1C(=O)CNc1ccccc1[N+](=O)[O-]. The fourth-order valence-electron chi connectivity index (χ4n) is 2.63. The minimum atomic E-state index is -1.21. The number of para-hydroxylation sites is 2. The Balaban J connectivity index is 2.08. The number of anilines is 1. The zero-order valence-electron chi connectivity index (χ0n) is 12.1. The molecule has 0 aromatic heterocycles. The highest BCUT2D eigenvalue weighted by atomic mass is 16.6.